The highest BCUT2D eigenvalue weighted by Gasteiger charge is 2.19. The molecule has 1 fully saturated rings. The van der Waals surface area contributed by atoms with Crippen molar-refractivity contribution >= 4 is 22.1 Å². The average molecular weight is 227 g/mol. The first-order valence-corrected chi connectivity index (χ1v) is 5.93. The molecule has 0 aromatic carbocycles. The van der Waals surface area contributed by atoms with Crippen LogP contribution in [0.1, 0.15) is 12.5 Å². The van der Waals surface area contributed by atoms with E-state index in [1.54, 1.807) is 0 Å². The number of pyridine rings is 1. The van der Waals surface area contributed by atoms with E-state index in [1.165, 1.54) is 11.9 Å². The van der Waals surface area contributed by atoms with Crippen molar-refractivity contribution in [3.8, 4) is 0 Å². The van der Waals surface area contributed by atoms with Gasteiger partial charge >= 0.3 is 0 Å². The van der Waals surface area contributed by atoms with E-state index in [9.17, 15) is 0 Å². The van der Waals surface area contributed by atoms with Gasteiger partial charge in [0.2, 0.25) is 0 Å². The minimum absolute atomic E-state index is 0.514. The molecule has 1 unspecified atom stereocenters. The van der Waals surface area contributed by atoms with Gasteiger partial charge in [-0.3, -0.25) is 0 Å². The Morgan fingerprint density at radius 1 is 1.35 bits per heavy atom. The number of hydrogen-bond donors (Lipinski definition) is 2. The van der Waals surface area contributed by atoms with Crippen molar-refractivity contribution in [2.24, 2.45) is 0 Å². The summed E-state index contributed by atoms with van der Waals surface area (Å²) >= 11 is 0. The van der Waals surface area contributed by atoms with Crippen LogP contribution in [0.25, 0.3) is 22.1 Å². The molecule has 1 aliphatic heterocycles. The molecule has 0 spiro atoms. The van der Waals surface area contributed by atoms with Gasteiger partial charge in [0.1, 0.15) is 11.2 Å². The lowest BCUT2D eigenvalue weighted by atomic mass is 10.2. The highest BCUT2D eigenvalue weighted by Crippen LogP contribution is 2.26. The molecule has 3 aromatic rings. The van der Waals surface area contributed by atoms with Gasteiger partial charge in [-0.15, -0.1) is 0 Å². The molecule has 0 radical (unpaired) electrons. The molecule has 5 nitrogen and oxygen atoms in total. The third kappa shape index (κ3) is 1.23. The van der Waals surface area contributed by atoms with Crippen molar-refractivity contribution in [1.82, 2.24) is 24.8 Å². The zero-order chi connectivity index (χ0) is 11.2. The lowest BCUT2D eigenvalue weighted by Gasteiger charge is -2.11. The van der Waals surface area contributed by atoms with Gasteiger partial charge in [0.25, 0.3) is 0 Å². The molecule has 1 aliphatic rings. The van der Waals surface area contributed by atoms with Crippen LogP contribution in [0.2, 0.25) is 0 Å². The molecular weight excluding hydrogens is 214 g/mol. The number of imidazole rings is 1. The summed E-state index contributed by atoms with van der Waals surface area (Å²) in [6.07, 6.45) is 6.88. The standard InChI is InChI=1S/C12H13N5/c1-3-13-5-8(1)17-7-16-10-6-15-12-9(11(10)17)2-4-14-12/h2,4,6-8,13H,1,3,5H2,(H,14,15). The van der Waals surface area contributed by atoms with E-state index in [1.807, 2.05) is 18.7 Å². The molecule has 4 heterocycles. The predicted octanol–water partition coefficient (Wildman–Crippen LogP) is 1.45. The molecule has 0 amide bonds. The lowest BCUT2D eigenvalue weighted by molar-refractivity contribution is 0.562. The highest BCUT2D eigenvalue weighted by molar-refractivity contribution is 6.00. The highest BCUT2D eigenvalue weighted by atomic mass is 15.1. The summed E-state index contributed by atoms with van der Waals surface area (Å²) in [5.74, 6) is 0. The molecule has 86 valence electrons. The predicted molar refractivity (Wildman–Crippen MR) is 65.9 cm³/mol. The third-order valence-corrected chi connectivity index (χ3v) is 3.55. The molecule has 4 rings (SSSR count). The Balaban J connectivity index is 2.05. The Labute approximate surface area is 97.9 Å². The van der Waals surface area contributed by atoms with Gasteiger partial charge in [0, 0.05) is 24.2 Å². The van der Waals surface area contributed by atoms with E-state index >= 15 is 0 Å². The molecule has 0 saturated carbocycles. The second-order valence-electron chi connectivity index (χ2n) is 4.53. The minimum Gasteiger partial charge on any atom is -0.346 e. The van der Waals surface area contributed by atoms with Crippen molar-refractivity contribution in [2.45, 2.75) is 12.5 Å². The fourth-order valence-electron chi connectivity index (χ4n) is 2.68. The van der Waals surface area contributed by atoms with Crippen molar-refractivity contribution in [1.29, 1.82) is 0 Å². The van der Waals surface area contributed by atoms with Crippen LogP contribution >= 0.6 is 0 Å². The zero-order valence-electron chi connectivity index (χ0n) is 9.35. The Hall–Kier alpha value is -1.88. The molecule has 0 bridgehead atoms. The lowest BCUT2D eigenvalue weighted by Crippen LogP contribution is -2.12. The summed E-state index contributed by atoms with van der Waals surface area (Å²) in [5, 5.41) is 4.55. The molecular formula is C12H13N5. The first-order valence-electron chi connectivity index (χ1n) is 5.93. The Morgan fingerprint density at radius 3 is 3.24 bits per heavy atom. The zero-order valence-corrected chi connectivity index (χ0v) is 9.35. The number of fused-ring (bicyclic) bond motifs is 3. The largest absolute Gasteiger partial charge is 0.346 e. The smallest absolute Gasteiger partial charge is 0.139 e. The maximum atomic E-state index is 4.45. The van der Waals surface area contributed by atoms with E-state index in [-0.39, 0.29) is 0 Å². The van der Waals surface area contributed by atoms with Crippen LogP contribution in [-0.2, 0) is 0 Å². The summed E-state index contributed by atoms with van der Waals surface area (Å²) in [7, 11) is 0. The van der Waals surface area contributed by atoms with Gasteiger partial charge in [-0.05, 0) is 19.0 Å². The molecule has 1 saturated heterocycles. The third-order valence-electron chi connectivity index (χ3n) is 3.55. The number of aromatic amines is 1. The Kier molecular flexibility index (Phi) is 1.78. The van der Waals surface area contributed by atoms with Gasteiger partial charge in [-0.1, -0.05) is 0 Å². The van der Waals surface area contributed by atoms with E-state index in [0.29, 0.717) is 6.04 Å². The summed E-state index contributed by atoms with van der Waals surface area (Å²) in [6, 6.07) is 2.59. The molecule has 2 N–H and O–H groups in total. The number of hydrogen-bond acceptors (Lipinski definition) is 3. The van der Waals surface area contributed by atoms with Gasteiger partial charge < -0.3 is 14.9 Å². The summed E-state index contributed by atoms with van der Waals surface area (Å²) in [6.45, 7) is 2.12. The van der Waals surface area contributed by atoms with E-state index in [4.69, 9.17) is 0 Å². The van der Waals surface area contributed by atoms with E-state index in [0.717, 1.165) is 29.6 Å². The van der Waals surface area contributed by atoms with Gasteiger partial charge in [0.15, 0.2) is 0 Å². The number of nitrogens with zero attached hydrogens (tertiary/aromatic N) is 3. The van der Waals surface area contributed by atoms with Gasteiger partial charge in [0.05, 0.1) is 18.0 Å². The fraction of sp³-hybridized carbons (Fsp3) is 0.333. The van der Waals surface area contributed by atoms with Crippen molar-refractivity contribution in [2.75, 3.05) is 13.1 Å². The SMILES string of the molecule is c1cc2c(ncc3ncn(C4CCNC4)c32)[nH]1. The van der Waals surface area contributed by atoms with Crippen LogP contribution in [0.15, 0.2) is 24.8 Å². The number of rotatable bonds is 1. The Morgan fingerprint density at radius 2 is 2.35 bits per heavy atom. The van der Waals surface area contributed by atoms with Crippen LogP contribution < -0.4 is 5.32 Å². The van der Waals surface area contributed by atoms with Crippen molar-refractivity contribution in [3.63, 3.8) is 0 Å². The Bertz CT molecular complexity index is 674. The number of H-pyrrole nitrogens is 1. The topological polar surface area (TPSA) is 58.5 Å². The van der Waals surface area contributed by atoms with Crippen LogP contribution in [0.3, 0.4) is 0 Å². The van der Waals surface area contributed by atoms with Crippen LogP contribution in [-0.4, -0.2) is 32.6 Å². The number of nitrogens with one attached hydrogen (secondary N) is 2. The first kappa shape index (κ1) is 9.18. The molecule has 0 aliphatic carbocycles. The molecule has 3 aromatic heterocycles. The number of aromatic nitrogens is 4. The van der Waals surface area contributed by atoms with Gasteiger partial charge in [-0.25, -0.2) is 9.97 Å². The monoisotopic (exact) mass is 227 g/mol. The second-order valence-corrected chi connectivity index (χ2v) is 4.53. The minimum atomic E-state index is 0.514. The maximum Gasteiger partial charge on any atom is 0.139 e. The molecule has 5 heteroatoms. The molecule has 17 heavy (non-hydrogen) atoms. The average Bonchev–Trinajstić information content (AvgIpc) is 3.08. The van der Waals surface area contributed by atoms with Crippen LogP contribution in [0.4, 0.5) is 0 Å². The van der Waals surface area contributed by atoms with E-state index in [2.05, 4.69) is 30.9 Å². The quantitative estimate of drug-likeness (QED) is 0.661. The van der Waals surface area contributed by atoms with Crippen molar-refractivity contribution in [3.05, 3.63) is 24.8 Å². The summed E-state index contributed by atoms with van der Waals surface area (Å²) < 4.78 is 2.28. The van der Waals surface area contributed by atoms with Crippen LogP contribution in [0.5, 0.6) is 0 Å². The maximum absolute atomic E-state index is 4.45. The normalized spacial score (nSPS) is 20.6. The van der Waals surface area contributed by atoms with E-state index < -0.39 is 0 Å². The second kappa shape index (κ2) is 3.30. The van der Waals surface area contributed by atoms with Gasteiger partial charge in [-0.2, -0.15) is 0 Å². The summed E-state index contributed by atoms with van der Waals surface area (Å²) in [5.41, 5.74) is 3.11. The molecule has 1 atom stereocenters. The fourth-order valence-corrected chi connectivity index (χ4v) is 2.68. The first-order chi connectivity index (χ1) is 8.43. The summed E-state index contributed by atoms with van der Waals surface area (Å²) in [4.78, 5) is 12.0. The van der Waals surface area contributed by atoms with Crippen LogP contribution in [0, 0.1) is 0 Å². The van der Waals surface area contributed by atoms with Crippen molar-refractivity contribution < 1.29 is 0 Å².